The van der Waals surface area contributed by atoms with Gasteiger partial charge < -0.3 is 9.47 Å². The lowest BCUT2D eigenvalue weighted by Crippen LogP contribution is -2.53. The number of hydrogen-bond donors (Lipinski definition) is 1. The van der Waals surface area contributed by atoms with Crippen molar-refractivity contribution < 1.29 is 4.79 Å². The molecule has 7 nitrogen and oxygen atoms in total. The highest BCUT2D eigenvalue weighted by Gasteiger charge is 2.46. The summed E-state index contributed by atoms with van der Waals surface area (Å²) in [5.41, 5.74) is 1.91. The third-order valence-electron chi connectivity index (χ3n) is 6.79. The number of nitrogens with zero attached hydrogens (tertiary/aromatic N) is 5. The molecule has 8 heteroatoms. The number of rotatable bonds is 4. The summed E-state index contributed by atoms with van der Waals surface area (Å²) in [4.78, 5) is 24.3. The van der Waals surface area contributed by atoms with Gasteiger partial charge in [-0.2, -0.15) is 5.10 Å². The molecule has 1 aromatic carbocycles. The molecule has 3 aromatic rings. The molecule has 0 saturated heterocycles. The quantitative estimate of drug-likeness (QED) is 0.646. The second kappa shape index (κ2) is 7.79. The Bertz CT molecular complexity index is 1100. The van der Waals surface area contributed by atoms with Crippen LogP contribution in [0.3, 0.4) is 0 Å². The predicted octanol–water partition coefficient (Wildman–Crippen LogP) is 4.53. The van der Waals surface area contributed by atoms with Crippen LogP contribution in [0.15, 0.2) is 30.6 Å². The SMILES string of the molecule is Cc1ncn(C)c1-c1n[nH]c([C@]2(C)CCC[C@](C)(N(C)C(=O)c3cccc(Cl)c3)C2)n1. The van der Waals surface area contributed by atoms with E-state index in [0.29, 0.717) is 16.4 Å². The van der Waals surface area contributed by atoms with E-state index in [0.717, 1.165) is 42.9 Å². The third-order valence-corrected chi connectivity index (χ3v) is 7.02. The Balaban J connectivity index is 1.60. The number of aromatic nitrogens is 5. The van der Waals surface area contributed by atoms with Crippen molar-refractivity contribution in [2.75, 3.05) is 7.05 Å². The van der Waals surface area contributed by atoms with Gasteiger partial charge in [0.1, 0.15) is 11.5 Å². The summed E-state index contributed by atoms with van der Waals surface area (Å²) < 4.78 is 1.94. The highest BCUT2D eigenvalue weighted by molar-refractivity contribution is 6.30. The van der Waals surface area contributed by atoms with Crippen molar-refractivity contribution in [3.05, 3.63) is 52.7 Å². The molecule has 1 saturated carbocycles. The Morgan fingerprint density at radius 3 is 2.74 bits per heavy atom. The van der Waals surface area contributed by atoms with Crippen molar-refractivity contribution in [3.8, 4) is 11.5 Å². The predicted molar refractivity (Wildman–Crippen MR) is 121 cm³/mol. The van der Waals surface area contributed by atoms with Gasteiger partial charge in [0.05, 0.1) is 12.0 Å². The number of aryl methyl sites for hydroxylation is 2. The van der Waals surface area contributed by atoms with Gasteiger partial charge in [0.25, 0.3) is 5.91 Å². The number of imidazole rings is 1. The number of H-pyrrole nitrogens is 1. The first-order chi connectivity index (χ1) is 14.6. The number of carbonyl (C=O) groups excluding carboxylic acids is 1. The van der Waals surface area contributed by atoms with Crippen molar-refractivity contribution >= 4 is 17.5 Å². The molecule has 1 aliphatic rings. The zero-order valence-electron chi connectivity index (χ0n) is 18.7. The van der Waals surface area contributed by atoms with E-state index < -0.39 is 0 Å². The number of amides is 1. The second-order valence-corrected chi connectivity index (χ2v) is 9.70. The average Bonchev–Trinajstić information content (AvgIpc) is 3.33. The van der Waals surface area contributed by atoms with Crippen molar-refractivity contribution in [2.24, 2.45) is 7.05 Å². The van der Waals surface area contributed by atoms with Crippen molar-refractivity contribution in [2.45, 2.75) is 57.4 Å². The molecule has 0 radical (unpaired) electrons. The van der Waals surface area contributed by atoms with Crippen LogP contribution in [0.1, 0.15) is 61.4 Å². The van der Waals surface area contributed by atoms with E-state index in [1.807, 2.05) is 42.6 Å². The Labute approximate surface area is 187 Å². The maximum absolute atomic E-state index is 13.2. The summed E-state index contributed by atoms with van der Waals surface area (Å²) in [6.45, 7) is 6.33. The van der Waals surface area contributed by atoms with E-state index in [2.05, 4.69) is 29.0 Å². The van der Waals surface area contributed by atoms with Gasteiger partial charge in [0.2, 0.25) is 0 Å². The van der Waals surface area contributed by atoms with Crippen LogP contribution in [0.5, 0.6) is 0 Å². The van der Waals surface area contributed by atoms with Crippen LogP contribution in [0.4, 0.5) is 0 Å². The van der Waals surface area contributed by atoms with Crippen LogP contribution in [-0.4, -0.2) is 48.1 Å². The first-order valence-corrected chi connectivity index (χ1v) is 11.0. The van der Waals surface area contributed by atoms with Gasteiger partial charge in [-0.25, -0.2) is 9.97 Å². The average molecular weight is 441 g/mol. The highest BCUT2D eigenvalue weighted by atomic mass is 35.5. The van der Waals surface area contributed by atoms with Gasteiger partial charge in [-0.15, -0.1) is 0 Å². The zero-order chi connectivity index (χ0) is 22.4. The van der Waals surface area contributed by atoms with Crippen LogP contribution in [-0.2, 0) is 12.5 Å². The topological polar surface area (TPSA) is 79.7 Å². The molecule has 0 bridgehead atoms. The molecule has 2 heterocycles. The minimum Gasteiger partial charge on any atom is -0.336 e. The molecule has 2 atom stereocenters. The summed E-state index contributed by atoms with van der Waals surface area (Å²) in [6, 6.07) is 7.14. The van der Waals surface area contributed by atoms with Gasteiger partial charge in [-0.1, -0.05) is 31.0 Å². The van der Waals surface area contributed by atoms with Gasteiger partial charge in [-0.05, 0) is 51.3 Å². The van der Waals surface area contributed by atoms with Crippen LogP contribution < -0.4 is 0 Å². The van der Waals surface area contributed by atoms with Crippen molar-refractivity contribution in [1.82, 2.24) is 29.6 Å². The summed E-state index contributed by atoms with van der Waals surface area (Å²) in [5, 5.41) is 8.24. The van der Waals surface area contributed by atoms with Crippen LogP contribution in [0.2, 0.25) is 5.02 Å². The maximum atomic E-state index is 13.2. The number of aromatic amines is 1. The first-order valence-electron chi connectivity index (χ1n) is 10.6. The molecule has 1 fully saturated rings. The Morgan fingerprint density at radius 2 is 2.06 bits per heavy atom. The maximum Gasteiger partial charge on any atom is 0.254 e. The fourth-order valence-corrected chi connectivity index (χ4v) is 5.12. The minimum absolute atomic E-state index is 0.0157. The Hall–Kier alpha value is -2.67. The molecule has 2 aromatic heterocycles. The fraction of sp³-hybridized carbons (Fsp3) is 0.478. The molecule has 0 unspecified atom stereocenters. The number of hydrogen-bond acceptors (Lipinski definition) is 4. The molecular weight excluding hydrogens is 412 g/mol. The van der Waals surface area contributed by atoms with E-state index in [1.165, 1.54) is 0 Å². The lowest BCUT2D eigenvalue weighted by Gasteiger charge is -2.48. The smallest absolute Gasteiger partial charge is 0.254 e. The molecular formula is C23H29ClN6O. The van der Waals surface area contributed by atoms with E-state index >= 15 is 0 Å². The second-order valence-electron chi connectivity index (χ2n) is 9.26. The van der Waals surface area contributed by atoms with Gasteiger partial charge >= 0.3 is 0 Å². The van der Waals surface area contributed by atoms with Gasteiger partial charge in [-0.3, -0.25) is 9.89 Å². The first kappa shape index (κ1) is 21.6. The van der Waals surface area contributed by atoms with Crippen LogP contribution >= 0.6 is 11.6 Å². The Morgan fingerprint density at radius 1 is 1.29 bits per heavy atom. The molecule has 31 heavy (non-hydrogen) atoms. The summed E-state index contributed by atoms with van der Waals surface area (Å²) in [5.74, 6) is 1.50. The van der Waals surface area contributed by atoms with E-state index in [1.54, 1.807) is 18.5 Å². The summed E-state index contributed by atoms with van der Waals surface area (Å²) >= 11 is 6.11. The zero-order valence-corrected chi connectivity index (χ0v) is 19.5. The van der Waals surface area contributed by atoms with Gasteiger partial charge in [0.15, 0.2) is 5.82 Å². The Kier molecular flexibility index (Phi) is 5.41. The van der Waals surface area contributed by atoms with E-state index in [9.17, 15) is 4.79 Å². The summed E-state index contributed by atoms with van der Waals surface area (Å²) in [6.07, 6.45) is 5.49. The van der Waals surface area contributed by atoms with E-state index in [4.69, 9.17) is 16.6 Å². The normalized spacial score (nSPS) is 23.7. The van der Waals surface area contributed by atoms with E-state index in [-0.39, 0.29) is 16.9 Å². The number of nitrogens with one attached hydrogen (secondary N) is 1. The monoisotopic (exact) mass is 440 g/mol. The summed E-state index contributed by atoms with van der Waals surface area (Å²) in [7, 11) is 3.83. The van der Waals surface area contributed by atoms with Gasteiger partial charge in [0, 0.05) is 35.6 Å². The van der Waals surface area contributed by atoms with Crippen molar-refractivity contribution in [3.63, 3.8) is 0 Å². The molecule has 1 amide bonds. The fourth-order valence-electron chi connectivity index (χ4n) is 4.93. The molecule has 1 N–H and O–H groups in total. The lowest BCUT2D eigenvalue weighted by atomic mass is 9.66. The van der Waals surface area contributed by atoms with Crippen LogP contribution in [0.25, 0.3) is 11.5 Å². The molecule has 1 aliphatic carbocycles. The molecule has 164 valence electrons. The largest absolute Gasteiger partial charge is 0.336 e. The number of carbonyl (C=O) groups is 1. The lowest BCUT2D eigenvalue weighted by molar-refractivity contribution is 0.0373. The standard InChI is InChI=1S/C23H29ClN6O/c1-15-18(29(4)14-25-15)19-26-21(28-27-19)22(2)10-7-11-23(3,13-22)30(5)20(31)16-8-6-9-17(24)12-16/h6,8-9,12,14H,7,10-11,13H2,1-5H3,(H,26,27,28)/t22-,23+/m1/s1. The molecule has 0 spiro atoms. The molecule has 0 aliphatic heterocycles. The molecule has 4 rings (SSSR count). The minimum atomic E-state index is -0.304. The number of benzene rings is 1. The third kappa shape index (κ3) is 3.87. The highest BCUT2D eigenvalue weighted by Crippen LogP contribution is 2.45. The van der Waals surface area contributed by atoms with Crippen LogP contribution in [0, 0.1) is 6.92 Å². The van der Waals surface area contributed by atoms with Crippen molar-refractivity contribution in [1.29, 1.82) is 0 Å². The number of halogens is 1.